The molecule has 8 heteroatoms. The van der Waals surface area contributed by atoms with E-state index in [4.69, 9.17) is 11.6 Å². The van der Waals surface area contributed by atoms with Gasteiger partial charge in [-0.25, -0.2) is 0 Å². The van der Waals surface area contributed by atoms with Crippen LogP contribution in [0.2, 0.25) is 5.02 Å². The Kier molecular flexibility index (Phi) is 4.70. The number of nitrogens with one attached hydrogen (secondary N) is 1. The molecule has 122 valence electrons. The number of amides is 1. The van der Waals surface area contributed by atoms with Crippen LogP contribution >= 0.6 is 11.6 Å². The van der Waals surface area contributed by atoms with Crippen molar-refractivity contribution in [2.75, 3.05) is 5.32 Å². The third-order valence-electron chi connectivity index (χ3n) is 3.74. The molecule has 2 rings (SSSR count). The first kappa shape index (κ1) is 17.0. The highest BCUT2D eigenvalue weighted by Gasteiger charge is 2.27. The Balaban J connectivity index is 2.29. The van der Waals surface area contributed by atoms with Crippen LogP contribution in [0, 0.1) is 30.9 Å². The zero-order valence-electron chi connectivity index (χ0n) is 13.3. The predicted molar refractivity (Wildman–Crippen MR) is 87.9 cm³/mol. The second-order valence-electron chi connectivity index (χ2n) is 5.30. The smallest absolute Gasteiger partial charge is 0.312 e. The first-order chi connectivity index (χ1) is 10.7. The molecule has 23 heavy (non-hydrogen) atoms. The van der Waals surface area contributed by atoms with E-state index < -0.39 is 11.0 Å². The van der Waals surface area contributed by atoms with E-state index in [1.165, 1.54) is 4.68 Å². The molecule has 0 aliphatic heterocycles. The number of rotatable bonds is 4. The Morgan fingerprint density at radius 2 is 2.04 bits per heavy atom. The maximum Gasteiger partial charge on any atom is 0.312 e. The highest BCUT2D eigenvalue weighted by atomic mass is 35.5. The van der Waals surface area contributed by atoms with Gasteiger partial charge in [-0.3, -0.25) is 19.6 Å². The molecule has 1 aromatic heterocycles. The van der Waals surface area contributed by atoms with Crippen LogP contribution in [0.4, 0.5) is 11.4 Å². The maximum absolute atomic E-state index is 12.4. The van der Waals surface area contributed by atoms with Crippen molar-refractivity contribution in [2.24, 2.45) is 0 Å². The van der Waals surface area contributed by atoms with Gasteiger partial charge in [-0.2, -0.15) is 5.10 Å². The van der Waals surface area contributed by atoms with Gasteiger partial charge in [-0.05, 0) is 45.4 Å². The Labute approximate surface area is 138 Å². The minimum Gasteiger partial charge on any atom is -0.324 e. The topological polar surface area (TPSA) is 90.1 Å². The van der Waals surface area contributed by atoms with Gasteiger partial charge in [0.05, 0.1) is 4.92 Å². The van der Waals surface area contributed by atoms with Gasteiger partial charge in [0.2, 0.25) is 5.91 Å². The summed E-state index contributed by atoms with van der Waals surface area (Å²) in [5, 5.41) is 18.5. The molecule has 1 unspecified atom stereocenters. The highest BCUT2D eigenvalue weighted by Crippen LogP contribution is 2.27. The summed E-state index contributed by atoms with van der Waals surface area (Å²) in [6, 6.07) is 4.53. The van der Waals surface area contributed by atoms with E-state index in [2.05, 4.69) is 10.4 Å². The van der Waals surface area contributed by atoms with Gasteiger partial charge in [-0.15, -0.1) is 0 Å². The maximum atomic E-state index is 12.4. The van der Waals surface area contributed by atoms with E-state index >= 15 is 0 Å². The summed E-state index contributed by atoms with van der Waals surface area (Å²) in [6.45, 7) is 6.56. The first-order valence-corrected chi connectivity index (χ1v) is 7.38. The summed E-state index contributed by atoms with van der Waals surface area (Å²) in [5.74, 6) is -0.323. The number of nitro groups is 1. The minimum absolute atomic E-state index is 0.0661. The molecule has 1 aromatic carbocycles. The molecule has 2 aromatic rings. The summed E-state index contributed by atoms with van der Waals surface area (Å²) < 4.78 is 1.36. The Morgan fingerprint density at radius 1 is 1.39 bits per heavy atom. The standard InChI is InChI=1S/C15H17ClN4O3/c1-8-12(16)6-5-7-13(8)17-15(21)11(4)19-10(3)14(20(22)23)9(2)18-19/h5-7,11H,1-4H3,(H,17,21). The molecule has 0 saturated carbocycles. The average Bonchev–Trinajstić information content (AvgIpc) is 2.78. The molecule has 0 aliphatic carbocycles. The van der Waals surface area contributed by atoms with Crippen LogP contribution in [-0.2, 0) is 4.79 Å². The third-order valence-corrected chi connectivity index (χ3v) is 4.15. The van der Waals surface area contributed by atoms with Crippen molar-refractivity contribution in [2.45, 2.75) is 33.7 Å². The molecule has 1 amide bonds. The van der Waals surface area contributed by atoms with Crippen LogP contribution < -0.4 is 5.32 Å². The Bertz CT molecular complexity index is 785. The van der Waals surface area contributed by atoms with E-state index in [9.17, 15) is 14.9 Å². The second-order valence-corrected chi connectivity index (χ2v) is 5.71. The number of nitrogens with zero attached hydrogens (tertiary/aromatic N) is 3. The van der Waals surface area contributed by atoms with E-state index in [0.717, 1.165) is 5.56 Å². The first-order valence-electron chi connectivity index (χ1n) is 7.00. The van der Waals surface area contributed by atoms with Gasteiger partial charge >= 0.3 is 5.69 Å². The molecule has 1 atom stereocenters. The average molecular weight is 337 g/mol. The fraction of sp³-hybridized carbons (Fsp3) is 0.333. The summed E-state index contributed by atoms with van der Waals surface area (Å²) >= 11 is 6.03. The highest BCUT2D eigenvalue weighted by molar-refractivity contribution is 6.31. The number of benzene rings is 1. The number of halogens is 1. The van der Waals surface area contributed by atoms with Crippen molar-refractivity contribution in [3.8, 4) is 0 Å². The van der Waals surface area contributed by atoms with Crippen molar-refractivity contribution < 1.29 is 9.72 Å². The largest absolute Gasteiger partial charge is 0.324 e. The zero-order valence-corrected chi connectivity index (χ0v) is 14.0. The number of carbonyl (C=O) groups excluding carboxylic acids is 1. The number of carbonyl (C=O) groups is 1. The van der Waals surface area contributed by atoms with Gasteiger partial charge in [-0.1, -0.05) is 17.7 Å². The zero-order chi connectivity index (χ0) is 17.3. The van der Waals surface area contributed by atoms with Gasteiger partial charge < -0.3 is 5.32 Å². The van der Waals surface area contributed by atoms with Crippen LogP contribution in [0.1, 0.15) is 29.9 Å². The number of aryl methyl sites for hydroxylation is 1. The van der Waals surface area contributed by atoms with E-state index in [1.54, 1.807) is 45.9 Å². The van der Waals surface area contributed by atoms with Crippen LogP contribution in [0.5, 0.6) is 0 Å². The van der Waals surface area contributed by atoms with E-state index in [1.807, 2.05) is 0 Å². The van der Waals surface area contributed by atoms with E-state index in [0.29, 0.717) is 16.4 Å². The summed E-state index contributed by atoms with van der Waals surface area (Å²) in [4.78, 5) is 23.0. The van der Waals surface area contributed by atoms with Gasteiger partial charge in [0, 0.05) is 10.7 Å². The molecule has 1 heterocycles. The molecular formula is C15H17ClN4O3. The third kappa shape index (κ3) is 3.19. The van der Waals surface area contributed by atoms with E-state index in [-0.39, 0.29) is 17.3 Å². The molecule has 7 nitrogen and oxygen atoms in total. The van der Waals surface area contributed by atoms with Gasteiger partial charge in [0.15, 0.2) is 0 Å². The van der Waals surface area contributed by atoms with Crippen LogP contribution in [0.15, 0.2) is 18.2 Å². The van der Waals surface area contributed by atoms with Crippen molar-refractivity contribution >= 4 is 28.9 Å². The second kappa shape index (κ2) is 6.37. The molecule has 1 N–H and O–H groups in total. The predicted octanol–water partition coefficient (Wildman–Crippen LogP) is 3.57. The van der Waals surface area contributed by atoms with Crippen LogP contribution in [0.3, 0.4) is 0 Å². The number of hydrogen-bond donors (Lipinski definition) is 1. The van der Waals surface area contributed by atoms with Gasteiger partial charge in [0.25, 0.3) is 0 Å². The molecule has 0 saturated heterocycles. The van der Waals surface area contributed by atoms with Crippen LogP contribution in [-0.4, -0.2) is 20.6 Å². The van der Waals surface area contributed by atoms with Crippen molar-refractivity contribution in [3.05, 3.63) is 50.3 Å². The van der Waals surface area contributed by atoms with Crippen molar-refractivity contribution in [1.29, 1.82) is 0 Å². The molecular weight excluding hydrogens is 320 g/mol. The van der Waals surface area contributed by atoms with Crippen molar-refractivity contribution in [3.63, 3.8) is 0 Å². The number of aromatic nitrogens is 2. The SMILES string of the molecule is Cc1nn(C(C)C(=O)Nc2cccc(Cl)c2C)c(C)c1[N+](=O)[O-]. The summed E-state index contributed by atoms with van der Waals surface area (Å²) in [7, 11) is 0. The lowest BCUT2D eigenvalue weighted by Crippen LogP contribution is -2.25. The molecule has 0 aliphatic rings. The Morgan fingerprint density at radius 3 is 2.61 bits per heavy atom. The van der Waals surface area contributed by atoms with Crippen molar-refractivity contribution in [1.82, 2.24) is 9.78 Å². The Hall–Kier alpha value is -2.41. The quantitative estimate of drug-likeness (QED) is 0.682. The summed E-state index contributed by atoms with van der Waals surface area (Å²) in [6.07, 6.45) is 0. The molecule has 0 fully saturated rings. The fourth-order valence-corrected chi connectivity index (χ4v) is 2.56. The number of hydrogen-bond acceptors (Lipinski definition) is 4. The van der Waals surface area contributed by atoms with Gasteiger partial charge in [0.1, 0.15) is 17.4 Å². The molecule has 0 spiro atoms. The number of anilines is 1. The fourth-order valence-electron chi connectivity index (χ4n) is 2.39. The molecule has 0 radical (unpaired) electrons. The monoisotopic (exact) mass is 336 g/mol. The minimum atomic E-state index is -0.694. The normalized spacial score (nSPS) is 12.0. The molecule has 0 bridgehead atoms. The lowest BCUT2D eigenvalue weighted by Gasteiger charge is -2.15. The lowest BCUT2D eigenvalue weighted by atomic mass is 10.2. The lowest BCUT2D eigenvalue weighted by molar-refractivity contribution is -0.386. The van der Waals surface area contributed by atoms with Crippen LogP contribution in [0.25, 0.3) is 0 Å². The summed E-state index contributed by atoms with van der Waals surface area (Å²) in [5.41, 5.74) is 1.92.